The molecule has 2 aromatic rings. The summed E-state index contributed by atoms with van der Waals surface area (Å²) in [7, 11) is -3.99. The highest BCUT2D eigenvalue weighted by atomic mass is 32.2. The summed E-state index contributed by atoms with van der Waals surface area (Å²) in [6, 6.07) is 4.61. The molecule has 0 aliphatic carbocycles. The predicted molar refractivity (Wildman–Crippen MR) is 132 cm³/mol. The van der Waals surface area contributed by atoms with Gasteiger partial charge in [-0.15, -0.1) is 0 Å². The van der Waals surface area contributed by atoms with Gasteiger partial charge < -0.3 is 18.8 Å². The third-order valence-corrected chi connectivity index (χ3v) is 6.53. The van der Waals surface area contributed by atoms with Crippen LogP contribution >= 0.6 is 0 Å². The fourth-order valence-corrected chi connectivity index (χ4v) is 3.78. The number of carboxylic acids is 1. The Hall–Kier alpha value is -2.58. The van der Waals surface area contributed by atoms with E-state index in [2.05, 4.69) is 0 Å². The van der Waals surface area contributed by atoms with Gasteiger partial charge in [0.25, 0.3) is 0 Å². The molecule has 0 aromatic heterocycles. The van der Waals surface area contributed by atoms with Gasteiger partial charge in [-0.05, 0) is 82.8 Å². The Balaban J connectivity index is 2.23. The van der Waals surface area contributed by atoms with Crippen LogP contribution in [0.3, 0.4) is 0 Å². The molecule has 0 aliphatic rings. The molecule has 0 bridgehead atoms. The number of benzene rings is 2. The topological polar surface area (TPSA) is 99.1 Å². The van der Waals surface area contributed by atoms with Crippen LogP contribution in [0.25, 0.3) is 0 Å². The van der Waals surface area contributed by atoms with E-state index < -0.39 is 39.6 Å². The summed E-state index contributed by atoms with van der Waals surface area (Å²) in [5.41, 5.74) is 2.00. The van der Waals surface area contributed by atoms with Crippen LogP contribution in [-0.4, -0.2) is 43.1 Å². The van der Waals surface area contributed by atoms with Gasteiger partial charge in [-0.25, -0.2) is 4.79 Å². The third-order valence-electron chi connectivity index (χ3n) is 4.97. The van der Waals surface area contributed by atoms with Crippen molar-refractivity contribution >= 4 is 16.1 Å². The summed E-state index contributed by atoms with van der Waals surface area (Å²) in [5, 5.41) is 8.58. The van der Waals surface area contributed by atoms with Crippen molar-refractivity contribution < 1.29 is 36.1 Å². The van der Waals surface area contributed by atoms with E-state index in [9.17, 15) is 18.3 Å². The molecule has 1 unspecified atom stereocenters. The number of ether oxygens (including phenoxy) is 2. The van der Waals surface area contributed by atoms with Crippen LogP contribution in [0, 0.1) is 13.8 Å². The molecule has 7 nitrogen and oxygen atoms in total. The maximum atomic E-state index is 12.2. The molecule has 0 fully saturated rings. The fourth-order valence-electron chi connectivity index (χ4n) is 3.19. The average Bonchev–Trinajstić information content (AvgIpc) is 2.79. The molecule has 0 radical (unpaired) electrons. The first-order valence-electron chi connectivity index (χ1n) is 12.7. The van der Waals surface area contributed by atoms with Crippen molar-refractivity contribution in [1.29, 1.82) is 0 Å². The van der Waals surface area contributed by atoms with E-state index in [0.29, 0.717) is 5.75 Å². The zero-order valence-corrected chi connectivity index (χ0v) is 21.6. The molecule has 0 aliphatic heterocycles. The Kier molecular flexibility index (Phi) is 7.98. The Bertz CT molecular complexity index is 1210. The van der Waals surface area contributed by atoms with Gasteiger partial charge >= 0.3 is 16.1 Å². The van der Waals surface area contributed by atoms with Crippen LogP contribution in [0.2, 0.25) is 0 Å². The van der Waals surface area contributed by atoms with Gasteiger partial charge in [0.15, 0.2) is 6.10 Å². The molecule has 0 spiro atoms. The molecule has 188 valence electrons. The summed E-state index contributed by atoms with van der Waals surface area (Å²) < 4.78 is 66.2. The Labute approximate surface area is 207 Å². The summed E-state index contributed by atoms with van der Waals surface area (Å²) >= 11 is 0. The summed E-state index contributed by atoms with van der Waals surface area (Å²) in [6.07, 6.45) is -1.30. The minimum absolute atomic E-state index is 0.0673. The normalized spacial score (nSPS) is 14.9. The van der Waals surface area contributed by atoms with Crippen LogP contribution in [0.4, 0.5) is 0 Å². The number of aliphatic carboxylic acids is 1. The zero-order valence-electron chi connectivity index (χ0n) is 23.8. The highest BCUT2D eigenvalue weighted by molar-refractivity contribution is 7.87. The van der Waals surface area contributed by atoms with Gasteiger partial charge in [-0.1, -0.05) is 24.2 Å². The average molecular weight is 496 g/mol. The fraction of sp³-hybridized carbons (Fsp3) is 0.500. The zero-order chi connectivity index (χ0) is 28.2. The Morgan fingerprint density at radius 3 is 2.24 bits per heavy atom. The van der Waals surface area contributed by atoms with E-state index in [1.807, 2.05) is 13.0 Å². The van der Waals surface area contributed by atoms with E-state index in [-0.39, 0.29) is 47.9 Å². The molecule has 2 atom stereocenters. The molecule has 1 N–H and O–H groups in total. The lowest BCUT2D eigenvalue weighted by Gasteiger charge is -2.19. The number of carbonyl (C=O) groups is 1. The standard InChI is InChI=1S/C26H36O7S/c1-16(2)31-25(26(27)28)15-22-8-10-23(18(5)12-22)32-20(7)14-21-9-11-24(19(6)13-21)33-34(29,30)17(3)4/h8-13,16-17,20,25H,14-15H2,1-7H3,(H,27,28)/t20?,25-/m0/s1/i9D,11D,13D. The first-order chi connectivity index (χ1) is 17.0. The van der Waals surface area contributed by atoms with Crippen molar-refractivity contribution in [2.45, 2.75) is 84.9 Å². The lowest BCUT2D eigenvalue weighted by Crippen LogP contribution is -2.29. The third kappa shape index (κ3) is 8.02. The second-order valence-corrected chi connectivity index (χ2v) is 11.0. The molecular formula is C26H36O7S. The molecule has 2 rings (SSSR count). The van der Waals surface area contributed by atoms with E-state index in [0.717, 1.165) is 11.1 Å². The van der Waals surface area contributed by atoms with Crippen molar-refractivity contribution in [1.82, 2.24) is 0 Å². The van der Waals surface area contributed by atoms with Crippen molar-refractivity contribution in [3.8, 4) is 11.5 Å². The smallest absolute Gasteiger partial charge is 0.333 e. The van der Waals surface area contributed by atoms with Gasteiger partial charge in [-0.2, -0.15) is 8.42 Å². The lowest BCUT2D eigenvalue weighted by molar-refractivity contribution is -0.153. The largest absolute Gasteiger partial charge is 0.490 e. The molecular weight excluding hydrogens is 456 g/mol. The van der Waals surface area contributed by atoms with Gasteiger partial charge in [0.1, 0.15) is 11.5 Å². The number of hydrogen-bond acceptors (Lipinski definition) is 6. The van der Waals surface area contributed by atoms with Crippen molar-refractivity contribution in [2.75, 3.05) is 0 Å². The number of hydrogen-bond donors (Lipinski definition) is 1. The van der Waals surface area contributed by atoms with E-state index in [1.54, 1.807) is 32.9 Å². The quantitative estimate of drug-likeness (QED) is 0.420. The lowest BCUT2D eigenvalue weighted by atomic mass is 10.0. The van der Waals surface area contributed by atoms with Crippen LogP contribution < -0.4 is 8.92 Å². The van der Waals surface area contributed by atoms with Crippen LogP contribution in [0.5, 0.6) is 11.5 Å². The first-order valence-corrected chi connectivity index (χ1v) is 12.7. The minimum Gasteiger partial charge on any atom is -0.490 e. The maximum Gasteiger partial charge on any atom is 0.333 e. The molecule has 34 heavy (non-hydrogen) atoms. The van der Waals surface area contributed by atoms with E-state index in [1.165, 1.54) is 20.8 Å². The second-order valence-electron chi connectivity index (χ2n) is 8.88. The second kappa shape index (κ2) is 11.7. The van der Waals surface area contributed by atoms with E-state index in [4.69, 9.17) is 17.8 Å². The molecule has 0 heterocycles. The van der Waals surface area contributed by atoms with Crippen LogP contribution in [-0.2, 0) is 32.5 Å². The number of carboxylic acid groups (broad SMARTS) is 1. The molecule has 0 saturated heterocycles. The molecule has 0 saturated carbocycles. The highest BCUT2D eigenvalue weighted by Crippen LogP contribution is 2.25. The summed E-state index contributed by atoms with van der Waals surface area (Å²) in [6.45, 7) is 11.6. The van der Waals surface area contributed by atoms with Gasteiger partial charge in [-0.3, -0.25) is 0 Å². The SMILES string of the molecule is [2H]c1c([2H])c(OS(=O)(=O)C(C)C)c(C)c([2H])c1CC(C)Oc1ccc(C[C@H](OC(C)C)C(=O)O)cc1C. The Morgan fingerprint density at radius 1 is 1.00 bits per heavy atom. The monoisotopic (exact) mass is 495 g/mol. The van der Waals surface area contributed by atoms with Gasteiger partial charge in [0, 0.05) is 12.8 Å². The number of rotatable bonds is 12. The van der Waals surface area contributed by atoms with Gasteiger partial charge in [0.05, 0.1) is 21.6 Å². The predicted octanol–water partition coefficient (Wildman–Crippen LogP) is 4.85. The minimum atomic E-state index is -3.99. The first kappa shape index (κ1) is 23.2. The van der Waals surface area contributed by atoms with Crippen molar-refractivity contribution in [3.63, 3.8) is 0 Å². The summed E-state index contributed by atoms with van der Waals surface area (Å²) in [4.78, 5) is 11.5. The van der Waals surface area contributed by atoms with Gasteiger partial charge in [0.2, 0.25) is 0 Å². The summed E-state index contributed by atoms with van der Waals surface area (Å²) in [5.74, 6) is -0.759. The van der Waals surface area contributed by atoms with Crippen LogP contribution in [0.1, 0.15) is 61.0 Å². The maximum absolute atomic E-state index is 12.2. The Morgan fingerprint density at radius 2 is 1.68 bits per heavy atom. The highest BCUT2D eigenvalue weighted by Gasteiger charge is 2.21. The number of aryl methyl sites for hydroxylation is 1. The van der Waals surface area contributed by atoms with E-state index >= 15 is 0 Å². The molecule has 0 amide bonds. The molecule has 2 aromatic carbocycles. The molecule has 8 heteroatoms. The van der Waals surface area contributed by atoms with Crippen molar-refractivity contribution in [2.24, 2.45) is 0 Å². The van der Waals surface area contributed by atoms with Crippen LogP contribution in [0.15, 0.2) is 36.3 Å². The van der Waals surface area contributed by atoms with Crippen molar-refractivity contribution in [3.05, 3.63) is 58.6 Å².